The number of pyridine rings is 1. The van der Waals surface area contributed by atoms with E-state index in [0.29, 0.717) is 0 Å². The molecule has 0 radical (unpaired) electrons. The number of anilines is 2. The molecule has 2 heterocycles. The number of nitrogens with one attached hydrogen (secondary N) is 1. The molecule has 1 saturated heterocycles. The van der Waals surface area contributed by atoms with Gasteiger partial charge < -0.3 is 0 Å². The van der Waals surface area contributed by atoms with Gasteiger partial charge in [0, 0.05) is 0 Å². The van der Waals surface area contributed by atoms with Crippen LogP contribution in [0.1, 0.15) is 37.4 Å². The summed E-state index contributed by atoms with van der Waals surface area (Å²) in [6.07, 6.45) is 7.91. The van der Waals surface area contributed by atoms with E-state index in [-0.39, 0.29) is 27.4 Å². The summed E-state index contributed by atoms with van der Waals surface area (Å²) in [5.41, 5.74) is 4.87. The maximum atomic E-state index is 11.4. The van der Waals surface area contributed by atoms with Crippen LogP contribution in [0.15, 0.2) is 6.20 Å². The van der Waals surface area contributed by atoms with Crippen LogP contribution in [-0.2, 0) is 17.6 Å². The Hall–Kier alpha value is -0.850. The summed E-state index contributed by atoms with van der Waals surface area (Å²) in [6.45, 7) is 2.72. The average molecular weight is 372 g/mol. The normalized spacial score (nSPS) is 18.7. The number of aromatic nitrogens is 1. The predicted molar refractivity (Wildman–Crippen MR) is 72.0 cm³/mol. The number of carbonyl (C=O) groups excluding carboxylic acids is 1. The van der Waals surface area contributed by atoms with E-state index in [9.17, 15) is 4.79 Å². The molecule has 1 aromatic heterocycles. The summed E-state index contributed by atoms with van der Waals surface area (Å²) in [6, 6.07) is 0. The van der Waals surface area contributed by atoms with Gasteiger partial charge in [0.1, 0.15) is 0 Å². The van der Waals surface area contributed by atoms with E-state index in [1.54, 1.807) is 6.92 Å². The third kappa shape index (κ3) is 2.70. The third-order valence-electron chi connectivity index (χ3n) is 3.60. The van der Waals surface area contributed by atoms with Crippen molar-refractivity contribution in [3.8, 4) is 0 Å². The van der Waals surface area contributed by atoms with Gasteiger partial charge in [0.15, 0.2) is 0 Å². The van der Waals surface area contributed by atoms with Crippen molar-refractivity contribution in [2.24, 2.45) is 0 Å². The quantitative estimate of drug-likeness (QED) is 0.417. The fourth-order valence-electron chi connectivity index (χ4n) is 2.79. The van der Waals surface area contributed by atoms with Crippen molar-refractivity contribution in [3.63, 3.8) is 0 Å². The van der Waals surface area contributed by atoms with Gasteiger partial charge in [0.2, 0.25) is 0 Å². The summed E-state index contributed by atoms with van der Waals surface area (Å²) >= 11 is 0.0738. The molecule has 104 valence electrons. The van der Waals surface area contributed by atoms with Crippen LogP contribution in [0.2, 0.25) is 0 Å². The van der Waals surface area contributed by atoms with Gasteiger partial charge in [-0.25, -0.2) is 0 Å². The predicted octanol–water partition coefficient (Wildman–Crippen LogP) is -0.867. The number of nitrogens with zero attached hydrogens (tertiary/aromatic N) is 2. The van der Waals surface area contributed by atoms with Crippen molar-refractivity contribution < 1.29 is 26.3 Å². The Bertz CT molecular complexity index is 498. The van der Waals surface area contributed by atoms with Crippen molar-refractivity contribution in [1.29, 1.82) is 0 Å². The molecule has 0 aromatic carbocycles. The molecule has 1 amide bonds. The molecule has 2 aliphatic rings. The molecule has 5 heteroatoms. The summed E-state index contributed by atoms with van der Waals surface area (Å²) in [7, 11) is 0. The first-order valence-corrected chi connectivity index (χ1v) is 9.40. The van der Waals surface area contributed by atoms with E-state index in [1.807, 2.05) is 6.20 Å². The number of amides is 1. The number of carbonyl (C=O) groups is 1. The van der Waals surface area contributed by atoms with E-state index in [1.165, 1.54) is 40.6 Å². The molecule has 0 unspecified atom stereocenters. The van der Waals surface area contributed by atoms with Crippen molar-refractivity contribution in [1.82, 2.24) is 4.98 Å². The molecule has 0 bridgehead atoms. The second-order valence-corrected chi connectivity index (χ2v) is 8.01. The Labute approximate surface area is 124 Å². The summed E-state index contributed by atoms with van der Waals surface area (Å²) in [5, 5.41) is 2.97. The number of aryl methyl sites for hydroxylation is 1. The zero-order valence-corrected chi connectivity index (χ0v) is 13.4. The van der Waals surface area contributed by atoms with E-state index >= 15 is 0 Å². The molecule has 1 fully saturated rings. The van der Waals surface area contributed by atoms with Crippen molar-refractivity contribution in [2.75, 3.05) is 19.4 Å². The molecule has 0 spiro atoms. The molecule has 1 N–H and O–H groups in total. The Morgan fingerprint density at radius 1 is 1.37 bits per heavy atom. The minimum atomic E-state index is -0.00351. The zero-order valence-electron chi connectivity index (χ0n) is 11.2. The number of hydrogen-bond donors (Lipinski definition) is 1. The fourth-order valence-corrected chi connectivity index (χ4v) is 5.83. The Morgan fingerprint density at radius 3 is 3.00 bits per heavy atom. The molecule has 1 aliphatic carbocycles. The summed E-state index contributed by atoms with van der Waals surface area (Å²) < 4.78 is 3.91. The summed E-state index contributed by atoms with van der Waals surface area (Å²) in [5.74, 6) is -0.00351. The second kappa shape index (κ2) is 5.64. The molecule has 1 aliphatic heterocycles. The van der Waals surface area contributed by atoms with E-state index < -0.39 is 0 Å². The monoisotopic (exact) mass is 372 g/mol. The van der Waals surface area contributed by atoms with Gasteiger partial charge in [0.05, 0.1) is 0 Å². The third-order valence-corrected chi connectivity index (χ3v) is 6.63. The first-order chi connectivity index (χ1) is 9.25. The first kappa shape index (κ1) is 13.1. The zero-order chi connectivity index (χ0) is 13.2. The van der Waals surface area contributed by atoms with Crippen LogP contribution >= 0.6 is 0 Å². The van der Waals surface area contributed by atoms with E-state index in [0.717, 1.165) is 25.1 Å². The van der Waals surface area contributed by atoms with Gasteiger partial charge in [-0.2, -0.15) is 0 Å². The van der Waals surface area contributed by atoms with Crippen LogP contribution in [0, 0.1) is 0 Å². The fraction of sp³-hybridized carbons (Fsp3) is 0.571. The number of hydrogen-bond acceptors (Lipinski definition) is 3. The van der Waals surface area contributed by atoms with Gasteiger partial charge in [0.25, 0.3) is 0 Å². The van der Waals surface area contributed by atoms with Gasteiger partial charge in [-0.1, -0.05) is 0 Å². The van der Waals surface area contributed by atoms with Gasteiger partial charge in [-0.15, -0.1) is 0 Å². The Morgan fingerprint density at radius 2 is 2.26 bits per heavy atom. The van der Waals surface area contributed by atoms with Crippen LogP contribution in [0.5, 0.6) is 0 Å². The second-order valence-electron chi connectivity index (χ2n) is 5.08. The molecular formula is C14H19IN3O-. The number of fused-ring (bicyclic) bond motifs is 1. The number of rotatable bonds is 2. The van der Waals surface area contributed by atoms with Crippen molar-refractivity contribution >= 4 is 17.3 Å². The first-order valence-electron chi connectivity index (χ1n) is 6.91. The van der Waals surface area contributed by atoms with E-state index in [2.05, 4.69) is 13.4 Å². The van der Waals surface area contributed by atoms with Crippen LogP contribution in [-0.4, -0.2) is 21.9 Å². The summed E-state index contributed by atoms with van der Waals surface area (Å²) in [4.78, 5) is 15.9. The number of alkyl halides is 1. The minimum absolute atomic E-state index is 0.00351. The van der Waals surface area contributed by atoms with Crippen LogP contribution in [0.4, 0.5) is 11.4 Å². The SMILES string of the molecule is CC(=O)Nc1cnc2c(c1N1CCCC[I-]1)CCC2. The van der Waals surface area contributed by atoms with Gasteiger partial charge >= 0.3 is 124 Å². The van der Waals surface area contributed by atoms with Crippen molar-refractivity contribution in [3.05, 3.63) is 17.5 Å². The van der Waals surface area contributed by atoms with Gasteiger partial charge in [-0.05, 0) is 0 Å². The van der Waals surface area contributed by atoms with Crippen molar-refractivity contribution in [2.45, 2.75) is 39.0 Å². The maximum absolute atomic E-state index is 11.4. The van der Waals surface area contributed by atoms with Crippen LogP contribution < -0.4 is 29.9 Å². The number of halogens is 1. The molecule has 0 saturated carbocycles. The Balaban J connectivity index is 2.01. The molecular weight excluding hydrogens is 353 g/mol. The molecule has 3 rings (SSSR count). The molecule has 19 heavy (non-hydrogen) atoms. The average Bonchev–Trinajstić information content (AvgIpc) is 2.87. The van der Waals surface area contributed by atoms with Crippen LogP contribution in [0.3, 0.4) is 0 Å². The van der Waals surface area contributed by atoms with Gasteiger partial charge in [-0.3, -0.25) is 0 Å². The van der Waals surface area contributed by atoms with Crippen LogP contribution in [0.25, 0.3) is 0 Å². The molecule has 4 nitrogen and oxygen atoms in total. The molecule has 0 atom stereocenters. The Kier molecular flexibility index (Phi) is 3.91. The van der Waals surface area contributed by atoms with E-state index in [4.69, 9.17) is 0 Å². The standard InChI is InChI=1S/C14H19IN3O/c1-10(19)17-13-9-16-12-6-4-5-11(12)14(13)18-8-3-2-7-15-18/h9H,2-8H2,1H3,(H,17,19)/q-1. The molecule has 1 aromatic rings. The topological polar surface area (TPSA) is 45.2 Å².